The number of fused-ring (bicyclic) bond motifs is 1. The van der Waals surface area contributed by atoms with Crippen LogP contribution in [0.1, 0.15) is 11.8 Å². The Morgan fingerprint density at radius 1 is 1.08 bits per heavy atom. The van der Waals surface area contributed by atoms with Crippen LogP contribution in [0.4, 0.5) is 0 Å². The summed E-state index contributed by atoms with van der Waals surface area (Å²) in [7, 11) is 0. The van der Waals surface area contributed by atoms with E-state index in [0.717, 1.165) is 9.91 Å². The molecule has 1 saturated heterocycles. The first-order valence-electron chi connectivity index (χ1n) is 8.15. The van der Waals surface area contributed by atoms with Crippen molar-refractivity contribution >= 4 is 30.7 Å². The van der Waals surface area contributed by atoms with Crippen molar-refractivity contribution in [2.45, 2.75) is 29.9 Å². The molecule has 0 bridgehead atoms. The Bertz CT molecular complexity index is 891. The van der Waals surface area contributed by atoms with Crippen molar-refractivity contribution in [2.75, 3.05) is 6.61 Å². The van der Waals surface area contributed by atoms with Gasteiger partial charge in [-0.05, 0) is 0 Å². The second-order valence-electron chi connectivity index (χ2n) is 6.01. The average Bonchev–Trinajstić information content (AvgIpc) is 3.23. The summed E-state index contributed by atoms with van der Waals surface area (Å²) in [5.41, 5.74) is 2.45. The summed E-state index contributed by atoms with van der Waals surface area (Å²) in [5.74, 6) is 0. The molecule has 4 rings (SSSR count). The van der Waals surface area contributed by atoms with Crippen LogP contribution in [0.15, 0.2) is 43.0 Å². The van der Waals surface area contributed by atoms with Gasteiger partial charge in [0.05, 0.1) is 0 Å². The SMILES string of the molecule is OCC1OC(n2cnc3c([Se]Cc4ccccc4)ncnc32)C(O)C1O. The second kappa shape index (κ2) is 7.40. The standard InChI is InChI=1S/C17H18N4O4Se/c22-6-11-13(23)14(24)17(25-11)21-9-20-12-15(21)18-8-19-16(12)26-7-10-4-2-1-3-5-10/h1-5,8-9,11,13-14,17,22-24H,6-7H2. The Balaban J connectivity index is 1.61. The van der Waals surface area contributed by atoms with Crippen LogP contribution in [-0.4, -0.2) is 74.7 Å². The van der Waals surface area contributed by atoms with E-state index in [2.05, 4.69) is 27.1 Å². The Morgan fingerprint density at radius 3 is 2.62 bits per heavy atom. The van der Waals surface area contributed by atoms with Gasteiger partial charge in [0.15, 0.2) is 0 Å². The van der Waals surface area contributed by atoms with Gasteiger partial charge in [0.2, 0.25) is 0 Å². The summed E-state index contributed by atoms with van der Waals surface area (Å²) in [6.45, 7) is -0.373. The number of benzene rings is 1. The predicted octanol–water partition coefficient (Wildman–Crippen LogP) is -1.03. The fourth-order valence-corrected chi connectivity index (χ4v) is 4.84. The minimum absolute atomic E-state index is 0.0734. The van der Waals surface area contributed by atoms with Crippen LogP contribution in [0.2, 0.25) is 0 Å². The molecule has 1 aliphatic rings. The maximum atomic E-state index is 10.2. The van der Waals surface area contributed by atoms with E-state index in [1.165, 1.54) is 18.2 Å². The average molecular weight is 421 g/mol. The fraction of sp³-hybridized carbons (Fsp3) is 0.353. The first-order valence-corrected chi connectivity index (χ1v) is 10.2. The molecule has 3 heterocycles. The van der Waals surface area contributed by atoms with E-state index in [-0.39, 0.29) is 21.6 Å². The van der Waals surface area contributed by atoms with Crippen molar-refractivity contribution in [2.24, 2.45) is 0 Å². The molecule has 0 aliphatic carbocycles. The van der Waals surface area contributed by atoms with Crippen LogP contribution >= 0.6 is 0 Å². The van der Waals surface area contributed by atoms with Gasteiger partial charge in [-0.15, -0.1) is 0 Å². The molecule has 3 aromatic rings. The molecule has 0 amide bonds. The van der Waals surface area contributed by atoms with E-state index in [1.54, 1.807) is 4.57 Å². The van der Waals surface area contributed by atoms with E-state index >= 15 is 0 Å². The van der Waals surface area contributed by atoms with Crippen LogP contribution in [-0.2, 0) is 10.1 Å². The summed E-state index contributed by atoms with van der Waals surface area (Å²) in [4.78, 5) is 13.1. The number of hydrogen-bond acceptors (Lipinski definition) is 7. The van der Waals surface area contributed by atoms with Gasteiger partial charge in [0.25, 0.3) is 0 Å². The van der Waals surface area contributed by atoms with Gasteiger partial charge >= 0.3 is 155 Å². The molecule has 1 aliphatic heterocycles. The van der Waals surface area contributed by atoms with E-state index in [9.17, 15) is 15.3 Å². The molecule has 136 valence electrons. The van der Waals surface area contributed by atoms with E-state index in [0.29, 0.717) is 11.2 Å². The van der Waals surface area contributed by atoms with Crippen molar-refractivity contribution in [3.05, 3.63) is 48.5 Å². The van der Waals surface area contributed by atoms with Gasteiger partial charge < -0.3 is 0 Å². The number of ether oxygens (including phenoxy) is 1. The van der Waals surface area contributed by atoms with E-state index in [4.69, 9.17) is 4.74 Å². The zero-order valence-electron chi connectivity index (χ0n) is 13.7. The number of nitrogens with zero attached hydrogens (tertiary/aromatic N) is 4. The van der Waals surface area contributed by atoms with Crippen LogP contribution < -0.4 is 4.59 Å². The summed E-state index contributed by atoms with van der Waals surface area (Å²) in [6.07, 6.45) is -1.01. The molecule has 3 N–H and O–H groups in total. The molecule has 4 atom stereocenters. The third-order valence-corrected chi connectivity index (χ3v) is 6.54. The topological polar surface area (TPSA) is 114 Å². The van der Waals surface area contributed by atoms with Crippen molar-refractivity contribution < 1.29 is 20.1 Å². The van der Waals surface area contributed by atoms with Gasteiger partial charge in [-0.2, -0.15) is 0 Å². The zero-order valence-corrected chi connectivity index (χ0v) is 15.4. The Labute approximate surface area is 155 Å². The number of rotatable bonds is 5. The van der Waals surface area contributed by atoms with Gasteiger partial charge in [0.1, 0.15) is 0 Å². The number of aromatic nitrogens is 4. The van der Waals surface area contributed by atoms with Gasteiger partial charge in [-0.25, -0.2) is 0 Å². The van der Waals surface area contributed by atoms with Crippen LogP contribution in [0, 0.1) is 0 Å². The van der Waals surface area contributed by atoms with Crippen molar-refractivity contribution in [3.63, 3.8) is 0 Å². The Morgan fingerprint density at radius 2 is 1.88 bits per heavy atom. The van der Waals surface area contributed by atoms with Crippen LogP contribution in [0.3, 0.4) is 0 Å². The van der Waals surface area contributed by atoms with Crippen molar-refractivity contribution in [3.8, 4) is 0 Å². The normalized spacial score (nSPS) is 25.8. The molecule has 26 heavy (non-hydrogen) atoms. The van der Waals surface area contributed by atoms with Gasteiger partial charge in [-0.3, -0.25) is 0 Å². The fourth-order valence-electron chi connectivity index (χ4n) is 2.96. The van der Waals surface area contributed by atoms with Crippen LogP contribution in [0.25, 0.3) is 11.2 Å². The summed E-state index contributed by atoms with van der Waals surface area (Å²) >= 11 is 0.0734. The molecule has 8 nitrogen and oxygen atoms in total. The maximum absolute atomic E-state index is 10.2. The molecule has 4 unspecified atom stereocenters. The zero-order chi connectivity index (χ0) is 18.1. The third-order valence-electron chi connectivity index (χ3n) is 4.33. The Kier molecular flexibility index (Phi) is 4.99. The molecular weight excluding hydrogens is 403 g/mol. The minimum atomic E-state index is -1.17. The van der Waals surface area contributed by atoms with Crippen molar-refractivity contribution in [1.82, 2.24) is 19.5 Å². The third kappa shape index (κ3) is 3.14. The number of imidazole rings is 1. The molecule has 2 aromatic heterocycles. The molecule has 0 saturated carbocycles. The number of aliphatic hydroxyl groups excluding tert-OH is 3. The molecular formula is C17H18N4O4Se. The van der Waals surface area contributed by atoms with Gasteiger partial charge in [0, 0.05) is 0 Å². The van der Waals surface area contributed by atoms with Crippen molar-refractivity contribution in [1.29, 1.82) is 0 Å². The molecule has 1 fully saturated rings. The summed E-state index contributed by atoms with van der Waals surface area (Å²) in [6, 6.07) is 10.2. The summed E-state index contributed by atoms with van der Waals surface area (Å²) in [5, 5.41) is 30.4. The number of hydrogen-bond donors (Lipinski definition) is 3. The monoisotopic (exact) mass is 422 g/mol. The molecule has 1 aromatic carbocycles. The first kappa shape index (κ1) is 17.5. The van der Waals surface area contributed by atoms with E-state index in [1.807, 2.05) is 18.2 Å². The van der Waals surface area contributed by atoms with Crippen LogP contribution in [0.5, 0.6) is 0 Å². The predicted molar refractivity (Wildman–Crippen MR) is 93.9 cm³/mol. The molecule has 0 radical (unpaired) electrons. The summed E-state index contributed by atoms with van der Waals surface area (Å²) < 4.78 is 8.03. The molecule has 0 spiro atoms. The first-order chi connectivity index (χ1) is 12.7. The number of aliphatic hydroxyl groups is 3. The quantitative estimate of drug-likeness (QED) is 0.452. The van der Waals surface area contributed by atoms with E-state index < -0.39 is 24.5 Å². The van der Waals surface area contributed by atoms with Gasteiger partial charge in [-0.1, -0.05) is 0 Å². The molecule has 9 heteroatoms. The Hall–Kier alpha value is -1.87. The second-order valence-corrected chi connectivity index (χ2v) is 8.03.